The Labute approximate surface area is 199 Å². The molecule has 0 aromatic heterocycles. The van der Waals surface area contributed by atoms with Crippen molar-refractivity contribution in [3.8, 4) is 0 Å². The van der Waals surface area contributed by atoms with E-state index < -0.39 is 41.2 Å². The van der Waals surface area contributed by atoms with Crippen LogP contribution in [0.25, 0.3) is 0 Å². The lowest BCUT2D eigenvalue weighted by molar-refractivity contribution is -0.146. The van der Waals surface area contributed by atoms with Gasteiger partial charge in [0, 0.05) is 16.9 Å². The van der Waals surface area contributed by atoms with Crippen molar-refractivity contribution in [3.63, 3.8) is 0 Å². The van der Waals surface area contributed by atoms with Crippen LogP contribution >= 0.6 is 15.9 Å². The largest absolute Gasteiger partial charge is 0.394 e. The van der Waals surface area contributed by atoms with Gasteiger partial charge >= 0.3 is 0 Å². The fraction of sp³-hybridized carbons (Fsp3) is 0.870. The van der Waals surface area contributed by atoms with E-state index in [2.05, 4.69) is 26.6 Å². The first-order valence-corrected chi connectivity index (χ1v) is 12.6. The van der Waals surface area contributed by atoms with E-state index >= 15 is 0 Å². The van der Waals surface area contributed by atoms with Gasteiger partial charge in [-0.15, -0.1) is 0 Å². The Morgan fingerprint density at radius 3 is 2.50 bits per heavy atom. The van der Waals surface area contributed by atoms with Gasteiger partial charge in [0.15, 0.2) is 0 Å². The molecule has 1 spiro atoms. The number of hydrogen-bond acceptors (Lipinski definition) is 5. The highest BCUT2D eigenvalue weighted by molar-refractivity contribution is 9.09. The number of likely N-dealkylation sites (tertiary alicyclic amines) is 1. The zero-order valence-electron chi connectivity index (χ0n) is 20.0. The van der Waals surface area contributed by atoms with Crippen molar-refractivity contribution in [2.75, 3.05) is 13.2 Å². The molecule has 0 aromatic rings. The van der Waals surface area contributed by atoms with Crippen molar-refractivity contribution >= 4 is 33.7 Å². The molecule has 32 heavy (non-hydrogen) atoms. The van der Waals surface area contributed by atoms with Crippen LogP contribution in [0.5, 0.6) is 0 Å². The summed E-state index contributed by atoms with van der Waals surface area (Å²) < 4.78 is 6.45. The number of aliphatic hydroxyl groups excluding tert-OH is 1. The van der Waals surface area contributed by atoms with Gasteiger partial charge in [-0.05, 0) is 46.0 Å². The molecular weight excluding hydrogens is 478 g/mol. The average molecular weight is 516 g/mol. The molecule has 3 aliphatic heterocycles. The summed E-state index contributed by atoms with van der Waals surface area (Å²) in [7, 11) is 0. The Balaban J connectivity index is 2.07. The number of nitrogens with one attached hydrogen (secondary N) is 2. The molecule has 0 aliphatic carbocycles. The number of aliphatic hydroxyl groups is 1. The summed E-state index contributed by atoms with van der Waals surface area (Å²) in [6.07, 6.45) is 1.34. The van der Waals surface area contributed by atoms with Gasteiger partial charge in [-0.25, -0.2) is 0 Å². The fourth-order valence-corrected chi connectivity index (χ4v) is 6.63. The Bertz CT molecular complexity index is 754. The summed E-state index contributed by atoms with van der Waals surface area (Å²) in [6.45, 7) is 11.9. The molecule has 3 N–H and O–H groups in total. The second kappa shape index (κ2) is 9.22. The van der Waals surface area contributed by atoms with Gasteiger partial charge < -0.3 is 25.4 Å². The van der Waals surface area contributed by atoms with Gasteiger partial charge in [-0.2, -0.15) is 0 Å². The summed E-state index contributed by atoms with van der Waals surface area (Å²) >= 11 is 3.66. The molecule has 9 heteroatoms. The molecule has 3 fully saturated rings. The summed E-state index contributed by atoms with van der Waals surface area (Å²) in [4.78, 5) is 42.0. The maximum atomic E-state index is 13.9. The molecule has 2 bridgehead atoms. The lowest BCUT2D eigenvalue weighted by Gasteiger charge is -2.38. The van der Waals surface area contributed by atoms with Gasteiger partial charge in [0.05, 0.1) is 30.6 Å². The van der Waals surface area contributed by atoms with E-state index in [1.165, 1.54) is 4.90 Å². The number of rotatable bonds is 8. The highest BCUT2D eigenvalue weighted by Gasteiger charge is 2.77. The molecule has 182 valence electrons. The number of carbonyl (C=O) groups is 3. The first-order chi connectivity index (χ1) is 14.9. The monoisotopic (exact) mass is 515 g/mol. The first kappa shape index (κ1) is 25.4. The quantitative estimate of drug-likeness (QED) is 0.425. The zero-order chi connectivity index (χ0) is 24.0. The van der Waals surface area contributed by atoms with Crippen molar-refractivity contribution in [2.45, 2.75) is 95.0 Å². The number of ether oxygens (including phenoxy) is 1. The molecule has 8 nitrogen and oxygen atoms in total. The lowest BCUT2D eigenvalue weighted by Crippen LogP contribution is -2.60. The molecule has 3 amide bonds. The lowest BCUT2D eigenvalue weighted by atomic mass is 9.70. The molecular formula is C23H38BrN3O5. The van der Waals surface area contributed by atoms with E-state index in [9.17, 15) is 19.5 Å². The van der Waals surface area contributed by atoms with Gasteiger partial charge in [0.2, 0.25) is 17.7 Å². The average Bonchev–Trinajstić information content (AvgIpc) is 3.26. The molecule has 7 atom stereocenters. The highest BCUT2D eigenvalue weighted by Crippen LogP contribution is 2.60. The highest BCUT2D eigenvalue weighted by atomic mass is 79.9. The molecule has 3 rings (SSSR count). The molecule has 0 radical (unpaired) electrons. The van der Waals surface area contributed by atoms with E-state index in [0.29, 0.717) is 19.4 Å². The molecule has 0 aromatic carbocycles. The van der Waals surface area contributed by atoms with Crippen molar-refractivity contribution < 1.29 is 24.2 Å². The number of halogens is 1. The Hall–Kier alpha value is -1.19. The fourth-order valence-electron chi connectivity index (χ4n) is 5.68. The maximum absolute atomic E-state index is 13.9. The Kier molecular flexibility index (Phi) is 7.33. The van der Waals surface area contributed by atoms with Crippen LogP contribution in [0.15, 0.2) is 0 Å². The predicted octanol–water partition coefficient (Wildman–Crippen LogP) is 1.58. The summed E-state index contributed by atoms with van der Waals surface area (Å²) in [5.41, 5.74) is -1.60. The normalized spacial score (nSPS) is 34.7. The van der Waals surface area contributed by atoms with Crippen LogP contribution in [-0.4, -0.2) is 75.0 Å². The van der Waals surface area contributed by atoms with E-state index in [-0.39, 0.29) is 35.1 Å². The van der Waals surface area contributed by atoms with Crippen LogP contribution in [0.3, 0.4) is 0 Å². The summed E-state index contributed by atoms with van der Waals surface area (Å²) in [5, 5.41) is 16.1. The van der Waals surface area contributed by atoms with E-state index in [4.69, 9.17) is 4.74 Å². The van der Waals surface area contributed by atoms with Crippen molar-refractivity contribution in [1.82, 2.24) is 15.5 Å². The minimum Gasteiger partial charge on any atom is -0.394 e. The van der Waals surface area contributed by atoms with Crippen LogP contribution in [0, 0.1) is 17.8 Å². The Morgan fingerprint density at radius 1 is 1.31 bits per heavy atom. The third kappa shape index (κ3) is 4.32. The number of alkyl halides is 1. The van der Waals surface area contributed by atoms with Crippen LogP contribution in [0.2, 0.25) is 0 Å². The van der Waals surface area contributed by atoms with E-state index in [1.54, 1.807) is 0 Å². The van der Waals surface area contributed by atoms with Crippen LogP contribution < -0.4 is 10.6 Å². The summed E-state index contributed by atoms with van der Waals surface area (Å²) in [5.74, 6) is -1.96. The molecule has 0 saturated carbocycles. The number of amides is 3. The smallest absolute Gasteiger partial charge is 0.246 e. The maximum Gasteiger partial charge on any atom is 0.246 e. The van der Waals surface area contributed by atoms with Crippen molar-refractivity contribution in [2.24, 2.45) is 17.8 Å². The van der Waals surface area contributed by atoms with Crippen LogP contribution in [-0.2, 0) is 19.1 Å². The van der Waals surface area contributed by atoms with Gasteiger partial charge in [0.25, 0.3) is 0 Å². The third-order valence-electron chi connectivity index (χ3n) is 6.67. The van der Waals surface area contributed by atoms with Crippen LogP contribution in [0.4, 0.5) is 0 Å². The third-order valence-corrected chi connectivity index (χ3v) is 7.52. The molecule has 3 heterocycles. The number of carbonyl (C=O) groups excluding carboxylic acids is 3. The predicted molar refractivity (Wildman–Crippen MR) is 124 cm³/mol. The number of hydrogen-bond donors (Lipinski definition) is 3. The molecule has 3 aliphatic rings. The number of nitrogens with zero attached hydrogens (tertiary/aromatic N) is 1. The molecule has 3 unspecified atom stereocenters. The second-order valence-electron chi connectivity index (χ2n) is 10.9. The minimum absolute atomic E-state index is 0.133. The summed E-state index contributed by atoms with van der Waals surface area (Å²) in [6, 6.07) is -1.42. The minimum atomic E-state index is -1.09. The van der Waals surface area contributed by atoms with Gasteiger partial charge in [-0.3, -0.25) is 14.4 Å². The molecule has 3 saturated heterocycles. The van der Waals surface area contributed by atoms with E-state index in [0.717, 1.165) is 6.42 Å². The van der Waals surface area contributed by atoms with Gasteiger partial charge in [-0.1, -0.05) is 36.7 Å². The standard InChI is InChI=1S/C23H38BrN3O5/c1-7-8-25-19(29)15-16-21(31)27(13(11-28)9-12(2)3)18(20(30)26-22(4,5)6)23(16)10-14(24)17(15)32-23/h12-18,28H,7-11H2,1-6H3,(H,25,29)(H,26,30)/t13-,14?,15-,16+,17-,18?,23?/m1/s1. The first-order valence-electron chi connectivity index (χ1n) is 11.7. The number of fused-ring (bicyclic) bond motifs is 1. The zero-order valence-corrected chi connectivity index (χ0v) is 21.6. The Morgan fingerprint density at radius 2 is 1.97 bits per heavy atom. The van der Waals surface area contributed by atoms with Crippen molar-refractivity contribution in [3.05, 3.63) is 0 Å². The van der Waals surface area contributed by atoms with Crippen molar-refractivity contribution in [1.29, 1.82) is 0 Å². The topological polar surface area (TPSA) is 108 Å². The van der Waals surface area contributed by atoms with Crippen LogP contribution in [0.1, 0.15) is 60.8 Å². The SMILES string of the molecule is CCCNC(=O)[C@H]1[C@@H]2OC3(CC2Br)C(C(=O)NC(C)(C)C)N([C@@H](CO)CC(C)C)C(=O)[C@H]13. The van der Waals surface area contributed by atoms with E-state index in [1.807, 2.05) is 41.5 Å². The van der Waals surface area contributed by atoms with Gasteiger partial charge in [0.1, 0.15) is 11.6 Å². The second-order valence-corrected chi connectivity index (χ2v) is 12.1.